The Morgan fingerprint density at radius 2 is 2.10 bits per heavy atom. The first-order valence-corrected chi connectivity index (χ1v) is 5.93. The molecular formula is C12H15F3N2O3. The van der Waals surface area contributed by atoms with Gasteiger partial charge in [0.05, 0.1) is 0 Å². The number of aliphatic carboxylic acids is 1. The topological polar surface area (TPSA) is 71.3 Å². The van der Waals surface area contributed by atoms with Crippen molar-refractivity contribution >= 4 is 11.9 Å². The Balaban J connectivity index is 2.64. The number of aromatic nitrogens is 1. The highest BCUT2D eigenvalue weighted by Crippen LogP contribution is 2.19. The summed E-state index contributed by atoms with van der Waals surface area (Å²) in [7, 11) is 0. The van der Waals surface area contributed by atoms with Gasteiger partial charge >= 0.3 is 12.1 Å². The Morgan fingerprint density at radius 1 is 1.45 bits per heavy atom. The number of alkyl halides is 3. The molecular weight excluding hydrogens is 277 g/mol. The number of nitrogens with zero attached hydrogens (tertiary/aromatic N) is 1. The van der Waals surface area contributed by atoms with E-state index in [9.17, 15) is 22.8 Å². The van der Waals surface area contributed by atoms with Crippen molar-refractivity contribution in [2.75, 3.05) is 0 Å². The molecule has 0 saturated heterocycles. The monoisotopic (exact) mass is 292 g/mol. The zero-order valence-corrected chi connectivity index (χ0v) is 10.8. The Kier molecular flexibility index (Phi) is 5.18. The highest BCUT2D eigenvalue weighted by molar-refractivity contribution is 5.92. The standard InChI is InChI=1S/C12H15F3N2O3/c1-8(4-5-10(18)19)16-11(20)9-3-2-6-17(9)7-12(13,14)15/h2-3,6,8H,4-5,7H2,1H3,(H,16,20)(H,18,19). The van der Waals surface area contributed by atoms with Crippen LogP contribution in [-0.2, 0) is 11.3 Å². The maximum atomic E-state index is 12.3. The molecule has 5 nitrogen and oxygen atoms in total. The molecule has 0 radical (unpaired) electrons. The van der Waals surface area contributed by atoms with Gasteiger partial charge < -0.3 is 15.0 Å². The molecule has 0 fully saturated rings. The molecule has 1 unspecified atom stereocenters. The molecule has 0 aliphatic heterocycles. The second kappa shape index (κ2) is 6.44. The molecule has 0 saturated carbocycles. The summed E-state index contributed by atoms with van der Waals surface area (Å²) < 4.78 is 37.8. The summed E-state index contributed by atoms with van der Waals surface area (Å²) in [5, 5.41) is 11.0. The maximum absolute atomic E-state index is 12.3. The lowest BCUT2D eigenvalue weighted by Gasteiger charge is -2.15. The Labute approximate surface area is 113 Å². The summed E-state index contributed by atoms with van der Waals surface area (Å²) >= 11 is 0. The summed E-state index contributed by atoms with van der Waals surface area (Å²) in [6, 6.07) is 2.20. The minimum atomic E-state index is -4.41. The zero-order chi connectivity index (χ0) is 15.3. The molecule has 0 aromatic carbocycles. The van der Waals surface area contributed by atoms with Crippen molar-refractivity contribution in [3.05, 3.63) is 24.0 Å². The van der Waals surface area contributed by atoms with E-state index < -0.39 is 30.6 Å². The third-order valence-electron chi connectivity index (χ3n) is 2.58. The van der Waals surface area contributed by atoms with Gasteiger partial charge in [0.1, 0.15) is 12.2 Å². The van der Waals surface area contributed by atoms with Gasteiger partial charge in [-0.3, -0.25) is 9.59 Å². The predicted molar refractivity (Wildman–Crippen MR) is 64.3 cm³/mol. The van der Waals surface area contributed by atoms with Gasteiger partial charge in [-0.25, -0.2) is 0 Å². The third-order valence-corrected chi connectivity index (χ3v) is 2.58. The van der Waals surface area contributed by atoms with E-state index in [1.165, 1.54) is 18.3 Å². The lowest BCUT2D eigenvalue weighted by Crippen LogP contribution is -2.35. The number of halogens is 3. The summed E-state index contributed by atoms with van der Waals surface area (Å²) in [4.78, 5) is 22.2. The quantitative estimate of drug-likeness (QED) is 0.842. The largest absolute Gasteiger partial charge is 0.481 e. The van der Waals surface area contributed by atoms with Crippen molar-refractivity contribution < 1.29 is 27.9 Å². The second-order valence-corrected chi connectivity index (χ2v) is 4.44. The number of nitrogens with one attached hydrogen (secondary N) is 1. The second-order valence-electron chi connectivity index (χ2n) is 4.44. The molecule has 1 heterocycles. The first-order chi connectivity index (χ1) is 9.19. The van der Waals surface area contributed by atoms with Crippen molar-refractivity contribution in [1.29, 1.82) is 0 Å². The van der Waals surface area contributed by atoms with Crippen LogP contribution in [0.5, 0.6) is 0 Å². The molecule has 0 aliphatic rings. The molecule has 1 aromatic rings. The van der Waals surface area contributed by atoms with Crippen molar-refractivity contribution in [3.63, 3.8) is 0 Å². The van der Waals surface area contributed by atoms with E-state index in [0.29, 0.717) is 0 Å². The van der Waals surface area contributed by atoms with Gasteiger partial charge in [-0.1, -0.05) is 0 Å². The van der Waals surface area contributed by atoms with Crippen LogP contribution in [0, 0.1) is 0 Å². The van der Waals surface area contributed by atoms with Crippen LogP contribution >= 0.6 is 0 Å². The summed E-state index contributed by atoms with van der Waals surface area (Å²) in [6.07, 6.45) is -3.15. The van der Waals surface area contributed by atoms with Crippen LogP contribution in [0.2, 0.25) is 0 Å². The minimum absolute atomic E-state index is 0.107. The van der Waals surface area contributed by atoms with Crippen LogP contribution in [0.4, 0.5) is 13.2 Å². The van der Waals surface area contributed by atoms with E-state index in [0.717, 1.165) is 4.57 Å². The fraction of sp³-hybridized carbons (Fsp3) is 0.500. The first kappa shape index (κ1) is 16.1. The van der Waals surface area contributed by atoms with E-state index in [1.807, 2.05) is 0 Å². The summed E-state index contributed by atoms with van der Waals surface area (Å²) in [5.41, 5.74) is -0.107. The van der Waals surface area contributed by atoms with E-state index in [4.69, 9.17) is 5.11 Å². The molecule has 20 heavy (non-hydrogen) atoms. The number of hydrogen-bond donors (Lipinski definition) is 2. The van der Waals surface area contributed by atoms with Crippen LogP contribution in [0.1, 0.15) is 30.3 Å². The lowest BCUT2D eigenvalue weighted by atomic mass is 10.2. The van der Waals surface area contributed by atoms with Gasteiger partial charge in [0.15, 0.2) is 0 Å². The van der Waals surface area contributed by atoms with Crippen LogP contribution in [0.25, 0.3) is 0 Å². The van der Waals surface area contributed by atoms with E-state index >= 15 is 0 Å². The average Bonchev–Trinajstić information content (AvgIpc) is 2.71. The van der Waals surface area contributed by atoms with E-state index in [2.05, 4.69) is 5.32 Å². The van der Waals surface area contributed by atoms with Crippen molar-refractivity contribution in [2.24, 2.45) is 0 Å². The highest BCUT2D eigenvalue weighted by Gasteiger charge is 2.29. The van der Waals surface area contributed by atoms with Crippen molar-refractivity contribution in [1.82, 2.24) is 9.88 Å². The van der Waals surface area contributed by atoms with Gasteiger partial charge in [-0.05, 0) is 25.5 Å². The first-order valence-electron chi connectivity index (χ1n) is 5.93. The van der Waals surface area contributed by atoms with Gasteiger partial charge in [0, 0.05) is 18.7 Å². The number of carboxylic acid groups (broad SMARTS) is 1. The lowest BCUT2D eigenvalue weighted by molar-refractivity contribution is -0.141. The van der Waals surface area contributed by atoms with Crippen molar-refractivity contribution in [2.45, 2.75) is 38.5 Å². The number of amides is 1. The molecule has 1 atom stereocenters. The predicted octanol–water partition coefficient (Wildman–Crippen LogP) is 2.03. The van der Waals surface area contributed by atoms with E-state index in [1.54, 1.807) is 6.92 Å². The number of carbonyl (C=O) groups is 2. The highest BCUT2D eigenvalue weighted by atomic mass is 19.4. The minimum Gasteiger partial charge on any atom is -0.481 e. The Hall–Kier alpha value is -1.99. The maximum Gasteiger partial charge on any atom is 0.406 e. The fourth-order valence-corrected chi connectivity index (χ4v) is 1.66. The van der Waals surface area contributed by atoms with Gasteiger partial charge in [0.25, 0.3) is 5.91 Å². The van der Waals surface area contributed by atoms with Crippen LogP contribution in [-0.4, -0.2) is 33.8 Å². The normalized spacial score (nSPS) is 13.0. The molecule has 0 spiro atoms. The molecule has 1 rings (SSSR count). The molecule has 0 aliphatic carbocycles. The average molecular weight is 292 g/mol. The molecule has 2 N–H and O–H groups in total. The third kappa shape index (κ3) is 5.33. The molecule has 1 aromatic heterocycles. The zero-order valence-electron chi connectivity index (χ0n) is 10.8. The number of hydrogen-bond acceptors (Lipinski definition) is 2. The van der Waals surface area contributed by atoms with Crippen LogP contribution in [0.15, 0.2) is 18.3 Å². The van der Waals surface area contributed by atoms with Gasteiger partial charge in [-0.2, -0.15) is 13.2 Å². The summed E-state index contributed by atoms with van der Waals surface area (Å²) in [6.45, 7) is 0.351. The fourth-order valence-electron chi connectivity index (χ4n) is 1.66. The Bertz CT molecular complexity index is 483. The number of carbonyl (C=O) groups excluding carboxylic acids is 1. The van der Waals surface area contributed by atoms with Gasteiger partial charge in [-0.15, -0.1) is 0 Å². The summed E-state index contributed by atoms with van der Waals surface area (Å²) in [5.74, 6) is -1.65. The smallest absolute Gasteiger partial charge is 0.406 e. The molecule has 112 valence electrons. The van der Waals surface area contributed by atoms with Crippen LogP contribution < -0.4 is 5.32 Å². The van der Waals surface area contributed by atoms with Crippen molar-refractivity contribution in [3.8, 4) is 0 Å². The van der Waals surface area contributed by atoms with E-state index in [-0.39, 0.29) is 18.5 Å². The molecule has 0 bridgehead atoms. The van der Waals surface area contributed by atoms with Gasteiger partial charge in [0.2, 0.25) is 0 Å². The molecule has 1 amide bonds. The molecule has 8 heteroatoms. The Morgan fingerprint density at radius 3 is 2.65 bits per heavy atom. The number of rotatable bonds is 6. The number of carboxylic acids is 1. The van der Waals surface area contributed by atoms with Crippen LogP contribution in [0.3, 0.4) is 0 Å². The SMILES string of the molecule is CC(CCC(=O)O)NC(=O)c1cccn1CC(F)(F)F.